The van der Waals surface area contributed by atoms with Gasteiger partial charge in [-0.1, -0.05) is 17.7 Å². The Bertz CT molecular complexity index is 465. The maximum absolute atomic E-state index is 11.5. The third kappa shape index (κ3) is 6.08. The number of urea groups is 1. The summed E-state index contributed by atoms with van der Waals surface area (Å²) in [6, 6.07) is 4.79. The van der Waals surface area contributed by atoms with Gasteiger partial charge in [-0.3, -0.25) is 0 Å². The number of ether oxygens (including phenoxy) is 1. The molecule has 0 spiro atoms. The summed E-state index contributed by atoms with van der Waals surface area (Å²) in [6.07, 6.45) is 0. The Morgan fingerprint density at radius 1 is 1.42 bits per heavy atom. The minimum Gasteiger partial charge on any atom is -0.480 e. The van der Waals surface area contributed by atoms with Gasteiger partial charge in [0, 0.05) is 17.3 Å². The van der Waals surface area contributed by atoms with Crippen LogP contribution in [0.5, 0.6) is 0 Å². The zero-order chi connectivity index (χ0) is 14.3. The average molecular weight is 287 g/mol. The molecule has 0 aliphatic rings. The van der Waals surface area contributed by atoms with Gasteiger partial charge >= 0.3 is 12.0 Å². The van der Waals surface area contributed by atoms with Crippen LogP contribution in [0.15, 0.2) is 18.2 Å². The largest absolute Gasteiger partial charge is 0.480 e. The molecule has 19 heavy (non-hydrogen) atoms. The van der Waals surface area contributed by atoms with Gasteiger partial charge in [0.25, 0.3) is 0 Å². The fraction of sp³-hybridized carbons (Fsp3) is 0.333. The van der Waals surface area contributed by atoms with Gasteiger partial charge in [-0.2, -0.15) is 0 Å². The molecule has 7 heteroatoms. The molecule has 0 unspecified atom stereocenters. The Hall–Kier alpha value is -1.79. The molecular weight excluding hydrogens is 272 g/mol. The first kappa shape index (κ1) is 15.3. The van der Waals surface area contributed by atoms with E-state index in [0.29, 0.717) is 10.7 Å². The molecule has 1 aromatic rings. The quantitative estimate of drug-likeness (QED) is 0.697. The Labute approximate surface area is 115 Å². The summed E-state index contributed by atoms with van der Waals surface area (Å²) in [5.41, 5.74) is 1.51. The van der Waals surface area contributed by atoms with Crippen LogP contribution in [0.2, 0.25) is 5.02 Å². The van der Waals surface area contributed by atoms with E-state index in [-0.39, 0.29) is 19.8 Å². The van der Waals surface area contributed by atoms with E-state index in [1.807, 2.05) is 6.92 Å². The lowest BCUT2D eigenvalue weighted by molar-refractivity contribution is -0.142. The highest BCUT2D eigenvalue weighted by Gasteiger charge is 2.04. The zero-order valence-corrected chi connectivity index (χ0v) is 11.2. The van der Waals surface area contributed by atoms with Gasteiger partial charge < -0.3 is 20.5 Å². The molecule has 0 bridgehead atoms. The van der Waals surface area contributed by atoms with Crippen LogP contribution in [-0.2, 0) is 9.53 Å². The molecule has 0 aliphatic carbocycles. The fourth-order valence-electron chi connectivity index (χ4n) is 1.29. The van der Waals surface area contributed by atoms with Crippen LogP contribution < -0.4 is 10.6 Å². The number of carboxylic acid groups (broad SMARTS) is 1. The van der Waals surface area contributed by atoms with Crippen molar-refractivity contribution in [1.82, 2.24) is 5.32 Å². The fourth-order valence-corrected chi connectivity index (χ4v) is 1.46. The number of benzene rings is 1. The molecule has 1 rings (SSSR count). The lowest BCUT2D eigenvalue weighted by Gasteiger charge is -2.10. The van der Waals surface area contributed by atoms with Crippen molar-refractivity contribution >= 4 is 29.3 Å². The van der Waals surface area contributed by atoms with Gasteiger partial charge in [-0.15, -0.1) is 0 Å². The van der Waals surface area contributed by atoms with E-state index in [1.54, 1.807) is 18.2 Å². The van der Waals surface area contributed by atoms with E-state index < -0.39 is 12.0 Å². The highest BCUT2D eigenvalue weighted by molar-refractivity contribution is 6.31. The number of hydrogen-bond donors (Lipinski definition) is 3. The number of carbonyl (C=O) groups is 2. The second kappa shape index (κ2) is 7.60. The first-order valence-electron chi connectivity index (χ1n) is 5.59. The highest BCUT2D eigenvalue weighted by atomic mass is 35.5. The summed E-state index contributed by atoms with van der Waals surface area (Å²) in [5, 5.41) is 14.1. The molecule has 2 amide bonds. The monoisotopic (exact) mass is 286 g/mol. The van der Waals surface area contributed by atoms with E-state index >= 15 is 0 Å². The summed E-state index contributed by atoms with van der Waals surface area (Å²) < 4.78 is 4.78. The van der Waals surface area contributed by atoms with E-state index in [4.69, 9.17) is 21.4 Å². The van der Waals surface area contributed by atoms with Crippen molar-refractivity contribution in [2.75, 3.05) is 25.1 Å². The second-order valence-electron chi connectivity index (χ2n) is 3.79. The molecule has 0 radical (unpaired) electrons. The number of nitrogens with one attached hydrogen (secondary N) is 2. The summed E-state index contributed by atoms with van der Waals surface area (Å²) in [5.74, 6) is -1.04. The van der Waals surface area contributed by atoms with Gasteiger partial charge in [0.1, 0.15) is 6.61 Å². The summed E-state index contributed by atoms with van der Waals surface area (Å²) in [4.78, 5) is 21.7. The van der Waals surface area contributed by atoms with Crippen molar-refractivity contribution < 1.29 is 19.4 Å². The predicted molar refractivity (Wildman–Crippen MR) is 71.7 cm³/mol. The van der Waals surface area contributed by atoms with Gasteiger partial charge in [0.05, 0.1) is 6.61 Å². The molecule has 0 saturated carbocycles. The average Bonchev–Trinajstić information content (AvgIpc) is 2.33. The van der Waals surface area contributed by atoms with Crippen LogP contribution in [0, 0.1) is 6.92 Å². The van der Waals surface area contributed by atoms with Gasteiger partial charge in [0.2, 0.25) is 0 Å². The third-order valence-electron chi connectivity index (χ3n) is 2.21. The highest BCUT2D eigenvalue weighted by Crippen LogP contribution is 2.19. The van der Waals surface area contributed by atoms with Gasteiger partial charge in [-0.05, 0) is 24.6 Å². The standard InChI is InChI=1S/C12H15ClN2O4/c1-8-2-3-9(13)6-10(8)15-12(18)14-4-5-19-7-11(16)17/h2-3,6H,4-5,7H2,1H3,(H,16,17)(H2,14,15,18). The predicted octanol–water partition coefficient (Wildman–Crippen LogP) is 1.87. The molecule has 6 nitrogen and oxygen atoms in total. The van der Waals surface area contributed by atoms with Crippen molar-refractivity contribution in [3.63, 3.8) is 0 Å². The summed E-state index contributed by atoms with van der Waals surface area (Å²) >= 11 is 5.83. The van der Waals surface area contributed by atoms with Crippen molar-refractivity contribution in [1.29, 1.82) is 0 Å². The Kier molecular flexibility index (Phi) is 6.11. The number of carboxylic acids is 1. The topological polar surface area (TPSA) is 87.7 Å². The lowest BCUT2D eigenvalue weighted by atomic mass is 10.2. The number of carbonyl (C=O) groups excluding carboxylic acids is 1. The van der Waals surface area contributed by atoms with Crippen LogP contribution in [0.3, 0.4) is 0 Å². The number of aryl methyl sites for hydroxylation is 1. The maximum atomic E-state index is 11.5. The molecule has 0 fully saturated rings. The number of halogens is 1. The summed E-state index contributed by atoms with van der Waals surface area (Å²) in [7, 11) is 0. The number of aliphatic carboxylic acids is 1. The zero-order valence-electron chi connectivity index (χ0n) is 10.4. The number of anilines is 1. The first-order chi connectivity index (χ1) is 8.99. The van der Waals surface area contributed by atoms with Crippen molar-refractivity contribution in [2.24, 2.45) is 0 Å². The van der Waals surface area contributed by atoms with Crippen molar-refractivity contribution in [3.8, 4) is 0 Å². The Balaban J connectivity index is 2.31. The summed E-state index contributed by atoms with van der Waals surface area (Å²) in [6.45, 7) is 1.82. The second-order valence-corrected chi connectivity index (χ2v) is 4.22. The van der Waals surface area contributed by atoms with Crippen molar-refractivity contribution in [2.45, 2.75) is 6.92 Å². The van der Waals surface area contributed by atoms with Crippen LogP contribution in [0.4, 0.5) is 10.5 Å². The minimum absolute atomic E-state index is 0.133. The molecular formula is C12H15ClN2O4. The van der Waals surface area contributed by atoms with Crippen LogP contribution in [0.25, 0.3) is 0 Å². The van der Waals surface area contributed by atoms with E-state index in [1.165, 1.54) is 0 Å². The molecule has 1 aromatic carbocycles. The number of amides is 2. The lowest BCUT2D eigenvalue weighted by Crippen LogP contribution is -2.32. The van der Waals surface area contributed by atoms with Gasteiger partial charge in [-0.25, -0.2) is 9.59 Å². The van der Waals surface area contributed by atoms with E-state index in [9.17, 15) is 9.59 Å². The molecule has 0 saturated heterocycles. The Morgan fingerprint density at radius 3 is 2.84 bits per heavy atom. The number of hydrogen-bond acceptors (Lipinski definition) is 3. The van der Waals surface area contributed by atoms with Crippen LogP contribution in [0.1, 0.15) is 5.56 Å². The minimum atomic E-state index is -1.04. The van der Waals surface area contributed by atoms with E-state index in [2.05, 4.69) is 10.6 Å². The number of rotatable bonds is 6. The molecule has 0 atom stereocenters. The van der Waals surface area contributed by atoms with Crippen LogP contribution in [-0.4, -0.2) is 36.9 Å². The molecule has 104 valence electrons. The third-order valence-corrected chi connectivity index (χ3v) is 2.44. The van der Waals surface area contributed by atoms with Crippen molar-refractivity contribution in [3.05, 3.63) is 28.8 Å². The maximum Gasteiger partial charge on any atom is 0.329 e. The first-order valence-corrected chi connectivity index (χ1v) is 5.97. The molecule has 3 N–H and O–H groups in total. The normalized spacial score (nSPS) is 10.0. The van der Waals surface area contributed by atoms with Gasteiger partial charge in [0.15, 0.2) is 0 Å². The Morgan fingerprint density at radius 2 is 2.16 bits per heavy atom. The molecule has 0 aromatic heterocycles. The molecule has 0 aliphatic heterocycles. The SMILES string of the molecule is Cc1ccc(Cl)cc1NC(=O)NCCOCC(=O)O. The van der Waals surface area contributed by atoms with E-state index in [0.717, 1.165) is 5.56 Å². The van der Waals surface area contributed by atoms with Crippen LogP contribution >= 0.6 is 11.6 Å². The molecule has 0 heterocycles. The smallest absolute Gasteiger partial charge is 0.329 e.